The standard InChI is InChI=1S/C18H27NO5S/c1-14(12-24-16-9-5-6-10-16)13-25(22,23)19-17(18(20)21)11-15-7-3-2-4-8-15/h2-4,7-8,14,16-17,19H,5-6,9-13H2,1H3,(H,20,21)/t14?,17-/m0/s1. The number of carboxylic acid groups (broad SMARTS) is 1. The lowest BCUT2D eigenvalue weighted by atomic mass is 10.1. The molecule has 2 rings (SSSR count). The van der Waals surface area contributed by atoms with Crippen LogP contribution in [0.5, 0.6) is 0 Å². The van der Waals surface area contributed by atoms with E-state index in [4.69, 9.17) is 4.74 Å². The van der Waals surface area contributed by atoms with Crippen LogP contribution in [-0.4, -0.2) is 44.0 Å². The van der Waals surface area contributed by atoms with Crippen LogP contribution in [0.4, 0.5) is 0 Å². The van der Waals surface area contributed by atoms with Crippen LogP contribution in [0.2, 0.25) is 0 Å². The average molecular weight is 369 g/mol. The van der Waals surface area contributed by atoms with Crippen molar-refractivity contribution >= 4 is 16.0 Å². The lowest BCUT2D eigenvalue weighted by molar-refractivity contribution is -0.138. The maximum Gasteiger partial charge on any atom is 0.322 e. The van der Waals surface area contributed by atoms with Crippen LogP contribution in [-0.2, 0) is 26.0 Å². The highest BCUT2D eigenvalue weighted by Crippen LogP contribution is 2.21. The van der Waals surface area contributed by atoms with Crippen molar-refractivity contribution in [2.75, 3.05) is 12.4 Å². The summed E-state index contributed by atoms with van der Waals surface area (Å²) in [6.45, 7) is 2.18. The molecule has 6 nitrogen and oxygen atoms in total. The van der Waals surface area contributed by atoms with Gasteiger partial charge in [0.25, 0.3) is 0 Å². The van der Waals surface area contributed by atoms with Crippen molar-refractivity contribution in [2.24, 2.45) is 5.92 Å². The summed E-state index contributed by atoms with van der Waals surface area (Å²) < 4.78 is 32.7. The molecule has 0 saturated heterocycles. The highest BCUT2D eigenvalue weighted by molar-refractivity contribution is 7.89. The fourth-order valence-electron chi connectivity index (χ4n) is 3.07. The molecule has 0 spiro atoms. The van der Waals surface area contributed by atoms with Gasteiger partial charge in [0.15, 0.2) is 0 Å². The molecule has 1 aliphatic rings. The molecule has 140 valence electrons. The van der Waals surface area contributed by atoms with Gasteiger partial charge in [0.2, 0.25) is 10.0 Å². The number of aliphatic carboxylic acids is 1. The number of carbonyl (C=O) groups is 1. The number of hydrogen-bond donors (Lipinski definition) is 2. The van der Waals surface area contributed by atoms with Crippen LogP contribution < -0.4 is 4.72 Å². The fourth-order valence-corrected chi connectivity index (χ4v) is 4.63. The average Bonchev–Trinajstić information content (AvgIpc) is 3.06. The van der Waals surface area contributed by atoms with E-state index in [0.29, 0.717) is 6.61 Å². The van der Waals surface area contributed by atoms with Crippen molar-refractivity contribution in [2.45, 2.75) is 51.2 Å². The second-order valence-electron chi connectivity index (χ2n) is 6.82. The summed E-state index contributed by atoms with van der Waals surface area (Å²) in [6.07, 6.45) is 4.76. The Kier molecular flexibility index (Phi) is 7.40. The summed E-state index contributed by atoms with van der Waals surface area (Å²) in [5, 5.41) is 9.33. The van der Waals surface area contributed by atoms with Gasteiger partial charge in [-0.15, -0.1) is 0 Å². The zero-order valence-corrected chi connectivity index (χ0v) is 15.4. The van der Waals surface area contributed by atoms with Gasteiger partial charge in [0.05, 0.1) is 18.5 Å². The van der Waals surface area contributed by atoms with Crippen LogP contribution in [0.15, 0.2) is 30.3 Å². The van der Waals surface area contributed by atoms with Gasteiger partial charge in [0.1, 0.15) is 6.04 Å². The molecule has 0 heterocycles. The molecule has 2 N–H and O–H groups in total. The highest BCUT2D eigenvalue weighted by atomic mass is 32.2. The first-order valence-electron chi connectivity index (χ1n) is 8.74. The van der Waals surface area contributed by atoms with E-state index < -0.39 is 22.0 Å². The molecule has 1 unspecified atom stereocenters. The van der Waals surface area contributed by atoms with Gasteiger partial charge in [-0.2, -0.15) is 0 Å². The normalized spacial score (nSPS) is 18.1. The van der Waals surface area contributed by atoms with Gasteiger partial charge in [0, 0.05) is 0 Å². The van der Waals surface area contributed by atoms with E-state index in [-0.39, 0.29) is 24.2 Å². The summed E-state index contributed by atoms with van der Waals surface area (Å²) in [5.41, 5.74) is 0.773. The van der Waals surface area contributed by atoms with Crippen LogP contribution in [0.25, 0.3) is 0 Å². The van der Waals surface area contributed by atoms with Crippen LogP contribution in [0.1, 0.15) is 38.2 Å². The van der Waals surface area contributed by atoms with Crippen molar-refractivity contribution in [1.29, 1.82) is 0 Å². The van der Waals surface area contributed by atoms with E-state index in [1.165, 1.54) is 12.8 Å². The molecule has 1 fully saturated rings. The first-order chi connectivity index (χ1) is 11.9. The third-order valence-electron chi connectivity index (χ3n) is 4.33. The van der Waals surface area contributed by atoms with Crippen molar-refractivity contribution in [1.82, 2.24) is 4.72 Å². The molecule has 1 aromatic carbocycles. The van der Waals surface area contributed by atoms with E-state index in [9.17, 15) is 18.3 Å². The molecule has 0 amide bonds. The van der Waals surface area contributed by atoms with Crippen LogP contribution in [0, 0.1) is 5.92 Å². The Labute approximate surface area is 149 Å². The molecule has 1 aliphatic carbocycles. The minimum absolute atomic E-state index is 0.113. The van der Waals surface area contributed by atoms with Crippen molar-refractivity contribution in [3.63, 3.8) is 0 Å². The number of nitrogens with one attached hydrogen (secondary N) is 1. The van der Waals surface area contributed by atoms with E-state index in [1.807, 2.05) is 6.07 Å². The first-order valence-corrected chi connectivity index (χ1v) is 10.4. The second-order valence-corrected chi connectivity index (χ2v) is 8.62. The molecule has 0 aliphatic heterocycles. The summed E-state index contributed by atoms with van der Waals surface area (Å²) in [7, 11) is -3.70. The molecular formula is C18H27NO5S. The SMILES string of the molecule is CC(COC1CCCC1)CS(=O)(=O)N[C@@H](Cc1ccccc1)C(=O)O. The maximum atomic E-state index is 12.3. The molecule has 25 heavy (non-hydrogen) atoms. The minimum Gasteiger partial charge on any atom is -0.480 e. The van der Waals surface area contributed by atoms with E-state index in [1.54, 1.807) is 31.2 Å². The topological polar surface area (TPSA) is 92.7 Å². The monoisotopic (exact) mass is 369 g/mol. The number of carboxylic acids is 1. The fraction of sp³-hybridized carbons (Fsp3) is 0.611. The number of ether oxygens (including phenoxy) is 1. The third-order valence-corrected chi connectivity index (χ3v) is 5.98. The maximum absolute atomic E-state index is 12.3. The Morgan fingerprint density at radius 2 is 1.92 bits per heavy atom. The molecule has 0 aromatic heterocycles. The number of benzene rings is 1. The van der Waals surface area contributed by atoms with Gasteiger partial charge >= 0.3 is 5.97 Å². The second kappa shape index (κ2) is 9.31. The number of rotatable bonds is 10. The Balaban J connectivity index is 1.86. The van der Waals surface area contributed by atoms with Crippen LogP contribution in [0.3, 0.4) is 0 Å². The third kappa shape index (κ3) is 7.13. The van der Waals surface area contributed by atoms with E-state index >= 15 is 0 Å². The van der Waals surface area contributed by atoms with Gasteiger partial charge in [-0.3, -0.25) is 4.79 Å². The highest BCUT2D eigenvalue weighted by Gasteiger charge is 2.26. The van der Waals surface area contributed by atoms with Gasteiger partial charge < -0.3 is 9.84 Å². The molecule has 0 radical (unpaired) electrons. The predicted molar refractivity (Wildman–Crippen MR) is 95.9 cm³/mol. The Bertz CT molecular complexity index is 641. The van der Waals surface area contributed by atoms with E-state index in [2.05, 4.69) is 4.72 Å². The minimum atomic E-state index is -3.70. The van der Waals surface area contributed by atoms with E-state index in [0.717, 1.165) is 18.4 Å². The first kappa shape index (κ1) is 19.9. The molecule has 1 saturated carbocycles. The van der Waals surface area contributed by atoms with Crippen LogP contribution >= 0.6 is 0 Å². The Morgan fingerprint density at radius 3 is 2.52 bits per heavy atom. The summed E-state index contributed by atoms with van der Waals surface area (Å²) >= 11 is 0. The zero-order valence-electron chi connectivity index (χ0n) is 14.6. The zero-order chi connectivity index (χ0) is 18.3. The van der Waals surface area contributed by atoms with Crippen molar-refractivity contribution in [3.8, 4) is 0 Å². The predicted octanol–water partition coefficient (Wildman–Crippen LogP) is 2.20. The Morgan fingerprint density at radius 1 is 1.28 bits per heavy atom. The summed E-state index contributed by atoms with van der Waals surface area (Å²) in [5.74, 6) is -1.51. The summed E-state index contributed by atoms with van der Waals surface area (Å²) in [4.78, 5) is 11.4. The molecular weight excluding hydrogens is 342 g/mol. The van der Waals surface area contributed by atoms with Gasteiger partial charge in [-0.25, -0.2) is 13.1 Å². The molecule has 2 atom stereocenters. The number of sulfonamides is 1. The lowest BCUT2D eigenvalue weighted by Crippen LogP contribution is -2.44. The van der Waals surface area contributed by atoms with Crippen molar-refractivity contribution in [3.05, 3.63) is 35.9 Å². The van der Waals surface area contributed by atoms with Crippen molar-refractivity contribution < 1.29 is 23.1 Å². The smallest absolute Gasteiger partial charge is 0.322 e. The Hall–Kier alpha value is -1.44. The van der Waals surface area contributed by atoms with Gasteiger partial charge in [-0.1, -0.05) is 50.1 Å². The lowest BCUT2D eigenvalue weighted by Gasteiger charge is -2.19. The molecule has 7 heteroatoms. The quantitative estimate of drug-likeness (QED) is 0.659. The summed E-state index contributed by atoms with van der Waals surface area (Å²) in [6, 6.07) is 7.81. The largest absolute Gasteiger partial charge is 0.480 e. The van der Waals surface area contributed by atoms with Gasteiger partial charge in [-0.05, 0) is 30.7 Å². The molecule has 0 bridgehead atoms. The molecule has 1 aromatic rings. The number of hydrogen-bond acceptors (Lipinski definition) is 4.